The topological polar surface area (TPSA) is 30.7 Å². The van der Waals surface area contributed by atoms with Crippen LogP contribution in [-0.4, -0.2) is 14.5 Å². The first-order valence-electron chi connectivity index (χ1n) is 10.7. The molecule has 3 aromatic carbocycles. The molecule has 4 heteroatoms. The van der Waals surface area contributed by atoms with Crippen LogP contribution in [0, 0.1) is 6.92 Å². The van der Waals surface area contributed by atoms with Gasteiger partial charge in [-0.15, -0.1) is 11.3 Å². The summed E-state index contributed by atoms with van der Waals surface area (Å²) in [6.07, 6.45) is 3.85. The molecule has 0 saturated heterocycles. The molecule has 0 N–H and O–H groups in total. The van der Waals surface area contributed by atoms with E-state index in [2.05, 4.69) is 114 Å². The second kappa shape index (κ2) is 7.43. The summed E-state index contributed by atoms with van der Waals surface area (Å²) in [5, 5.41) is 2.19. The van der Waals surface area contributed by atoms with Crippen molar-refractivity contribution in [3.05, 3.63) is 131 Å². The highest BCUT2D eigenvalue weighted by Gasteiger charge is 2.41. The van der Waals surface area contributed by atoms with Crippen LogP contribution in [0.5, 0.6) is 0 Å². The molecule has 3 aromatic heterocycles. The maximum Gasteiger partial charge on any atom is 0.153 e. The van der Waals surface area contributed by atoms with E-state index in [0.717, 1.165) is 21.6 Å². The van der Waals surface area contributed by atoms with Crippen molar-refractivity contribution in [1.29, 1.82) is 0 Å². The smallest absolute Gasteiger partial charge is 0.153 e. The van der Waals surface area contributed by atoms with Gasteiger partial charge < -0.3 is 4.57 Å². The molecule has 0 amide bonds. The van der Waals surface area contributed by atoms with Gasteiger partial charge in [0, 0.05) is 17.8 Å². The molecule has 0 aliphatic carbocycles. The average Bonchev–Trinajstić information content (AvgIpc) is 3.38. The van der Waals surface area contributed by atoms with Crippen molar-refractivity contribution in [1.82, 2.24) is 14.5 Å². The summed E-state index contributed by atoms with van der Waals surface area (Å²) >= 11 is 1.73. The highest BCUT2D eigenvalue weighted by atomic mass is 32.1. The summed E-state index contributed by atoms with van der Waals surface area (Å²) in [4.78, 5) is 9.50. The summed E-state index contributed by atoms with van der Waals surface area (Å²) in [5.41, 5.74) is 5.11. The van der Waals surface area contributed by atoms with E-state index in [1.54, 1.807) is 11.3 Å². The molecule has 0 atom stereocenters. The van der Waals surface area contributed by atoms with Crippen LogP contribution in [-0.2, 0) is 5.54 Å². The van der Waals surface area contributed by atoms with Gasteiger partial charge in [-0.25, -0.2) is 4.98 Å². The highest BCUT2D eigenvalue weighted by molar-refractivity contribution is 7.19. The van der Waals surface area contributed by atoms with Crippen LogP contribution in [0.2, 0.25) is 0 Å². The van der Waals surface area contributed by atoms with Gasteiger partial charge in [0.2, 0.25) is 0 Å². The number of hydrogen-bond donors (Lipinski definition) is 0. The van der Waals surface area contributed by atoms with Gasteiger partial charge in [-0.1, -0.05) is 91.0 Å². The van der Waals surface area contributed by atoms with E-state index in [9.17, 15) is 0 Å². The summed E-state index contributed by atoms with van der Waals surface area (Å²) in [7, 11) is 0. The van der Waals surface area contributed by atoms with Gasteiger partial charge in [-0.2, -0.15) is 0 Å². The first-order chi connectivity index (χ1) is 15.8. The number of fused-ring (bicyclic) bond motifs is 3. The summed E-state index contributed by atoms with van der Waals surface area (Å²) in [6.45, 7) is 2.08. The predicted octanol–water partition coefficient (Wildman–Crippen LogP) is 6.79. The lowest BCUT2D eigenvalue weighted by Gasteiger charge is -2.38. The van der Waals surface area contributed by atoms with Gasteiger partial charge >= 0.3 is 0 Å². The van der Waals surface area contributed by atoms with E-state index in [0.29, 0.717) is 0 Å². The first-order valence-corrected chi connectivity index (χ1v) is 11.5. The van der Waals surface area contributed by atoms with E-state index in [-0.39, 0.29) is 0 Å². The van der Waals surface area contributed by atoms with Gasteiger partial charge in [-0.05, 0) is 29.7 Å². The van der Waals surface area contributed by atoms with Crippen LogP contribution >= 0.6 is 11.3 Å². The molecule has 32 heavy (non-hydrogen) atoms. The lowest BCUT2D eigenvalue weighted by atomic mass is 9.76. The Kier molecular flexibility index (Phi) is 4.40. The second-order valence-corrected chi connectivity index (χ2v) is 9.13. The molecule has 0 aliphatic heterocycles. The Bertz CT molecular complexity index is 1420. The van der Waals surface area contributed by atoms with Gasteiger partial charge in [0.1, 0.15) is 5.54 Å². The molecule has 0 bridgehead atoms. The Morgan fingerprint density at radius 3 is 1.78 bits per heavy atom. The maximum atomic E-state index is 5.05. The number of rotatable bonds is 4. The van der Waals surface area contributed by atoms with Crippen LogP contribution in [0.1, 0.15) is 21.7 Å². The quantitative estimate of drug-likeness (QED) is 0.288. The fourth-order valence-corrected chi connectivity index (χ4v) is 5.80. The molecule has 0 radical (unpaired) electrons. The molecule has 3 nitrogen and oxygen atoms in total. The van der Waals surface area contributed by atoms with Crippen LogP contribution in [0.3, 0.4) is 0 Å². The van der Waals surface area contributed by atoms with Gasteiger partial charge in [0.05, 0.1) is 15.2 Å². The second-order valence-electron chi connectivity index (χ2n) is 7.92. The van der Waals surface area contributed by atoms with Gasteiger partial charge in [0.25, 0.3) is 0 Å². The Morgan fingerprint density at radius 1 is 0.719 bits per heavy atom. The molecular formula is C28H21N3S. The van der Waals surface area contributed by atoms with Crippen molar-refractivity contribution in [2.45, 2.75) is 12.5 Å². The van der Waals surface area contributed by atoms with Crippen molar-refractivity contribution in [3.8, 4) is 0 Å². The van der Waals surface area contributed by atoms with Crippen molar-refractivity contribution < 1.29 is 0 Å². The van der Waals surface area contributed by atoms with Crippen LogP contribution in [0.4, 0.5) is 0 Å². The molecule has 154 valence electrons. The van der Waals surface area contributed by atoms with E-state index in [1.165, 1.54) is 21.4 Å². The number of nitrogens with zero attached hydrogens (tertiary/aromatic N) is 3. The van der Waals surface area contributed by atoms with Crippen molar-refractivity contribution in [2.24, 2.45) is 0 Å². The van der Waals surface area contributed by atoms with Gasteiger partial charge in [-0.3, -0.25) is 4.98 Å². The van der Waals surface area contributed by atoms with E-state index in [4.69, 9.17) is 4.98 Å². The number of benzene rings is 3. The third-order valence-corrected chi connectivity index (χ3v) is 7.12. The molecule has 6 rings (SSSR count). The van der Waals surface area contributed by atoms with Crippen molar-refractivity contribution >= 4 is 32.6 Å². The van der Waals surface area contributed by atoms with E-state index >= 15 is 0 Å². The zero-order valence-electron chi connectivity index (χ0n) is 17.6. The Hall–Kier alpha value is -3.76. The van der Waals surface area contributed by atoms with Crippen molar-refractivity contribution in [3.63, 3.8) is 0 Å². The number of thiazole rings is 1. The molecule has 0 spiro atoms. The number of aromatic nitrogens is 3. The maximum absolute atomic E-state index is 5.05. The zero-order chi connectivity index (χ0) is 21.5. The minimum absolute atomic E-state index is 0.592. The average molecular weight is 432 g/mol. The third-order valence-electron chi connectivity index (χ3n) is 6.12. The molecule has 6 aromatic rings. The Labute approximate surface area is 190 Å². The fourth-order valence-electron chi connectivity index (χ4n) is 4.88. The zero-order valence-corrected chi connectivity index (χ0v) is 18.5. The van der Waals surface area contributed by atoms with Crippen LogP contribution < -0.4 is 0 Å². The fraction of sp³-hybridized carbons (Fsp3) is 0.0714. The largest absolute Gasteiger partial charge is 0.306 e. The van der Waals surface area contributed by atoms with Crippen LogP contribution in [0.15, 0.2) is 109 Å². The predicted molar refractivity (Wildman–Crippen MR) is 132 cm³/mol. The van der Waals surface area contributed by atoms with E-state index in [1.807, 2.05) is 12.4 Å². The molecule has 3 heterocycles. The Balaban J connectivity index is 1.89. The minimum atomic E-state index is -0.592. The molecule has 0 unspecified atom stereocenters. The SMILES string of the molecule is Cc1nc2c(s1)c1cnccc1n2C(c1ccccc1)(c1ccccc1)c1ccccc1. The molecular weight excluding hydrogens is 410 g/mol. The lowest BCUT2D eigenvalue weighted by Crippen LogP contribution is -2.37. The summed E-state index contributed by atoms with van der Waals surface area (Å²) in [5.74, 6) is 0. The highest BCUT2D eigenvalue weighted by Crippen LogP contribution is 2.46. The minimum Gasteiger partial charge on any atom is -0.306 e. The van der Waals surface area contributed by atoms with Crippen LogP contribution in [0.25, 0.3) is 21.3 Å². The lowest BCUT2D eigenvalue weighted by molar-refractivity contribution is 0.546. The third kappa shape index (κ3) is 2.66. The van der Waals surface area contributed by atoms with Crippen molar-refractivity contribution in [2.75, 3.05) is 0 Å². The summed E-state index contributed by atoms with van der Waals surface area (Å²) in [6, 6.07) is 34.4. The molecule has 0 fully saturated rings. The monoisotopic (exact) mass is 431 g/mol. The number of hydrogen-bond acceptors (Lipinski definition) is 3. The first kappa shape index (κ1) is 19.0. The van der Waals surface area contributed by atoms with Gasteiger partial charge in [0.15, 0.2) is 5.65 Å². The number of pyridine rings is 1. The molecule has 0 saturated carbocycles. The summed E-state index contributed by atoms with van der Waals surface area (Å²) < 4.78 is 3.60. The molecule has 0 aliphatic rings. The normalized spacial score (nSPS) is 11.9. The number of aryl methyl sites for hydroxylation is 1. The van der Waals surface area contributed by atoms with E-state index < -0.39 is 5.54 Å². The standard InChI is InChI=1S/C28H21N3S/c1-20-30-27-26(32-20)24-19-29-18-17-25(24)31(27)28(21-11-5-2-6-12-21,22-13-7-3-8-14-22)23-15-9-4-10-16-23/h2-19H,1H3. The Morgan fingerprint density at radius 2 is 1.25 bits per heavy atom.